The summed E-state index contributed by atoms with van der Waals surface area (Å²) in [6.45, 7) is 2.13. The van der Waals surface area contributed by atoms with Gasteiger partial charge in [0.1, 0.15) is 11.5 Å². The molecule has 0 atom stereocenters. The second kappa shape index (κ2) is 10.6. The maximum absolute atomic E-state index is 12.9. The summed E-state index contributed by atoms with van der Waals surface area (Å²) in [5, 5.41) is 0. The Morgan fingerprint density at radius 3 is 2.42 bits per heavy atom. The Bertz CT molecular complexity index is 986. The maximum atomic E-state index is 12.9. The second-order valence-electron chi connectivity index (χ2n) is 7.12. The van der Waals surface area contributed by atoms with Gasteiger partial charge in [0.05, 0.1) is 37.9 Å². The Morgan fingerprint density at radius 1 is 1.06 bits per heavy atom. The van der Waals surface area contributed by atoms with E-state index < -0.39 is 10.0 Å². The van der Waals surface area contributed by atoms with E-state index >= 15 is 0 Å². The van der Waals surface area contributed by atoms with Crippen LogP contribution in [0, 0.1) is 0 Å². The third-order valence-corrected chi connectivity index (χ3v) is 6.56. The number of benzene rings is 2. The van der Waals surface area contributed by atoms with Crippen molar-refractivity contribution in [2.45, 2.75) is 17.7 Å². The van der Waals surface area contributed by atoms with Crippen LogP contribution in [0.15, 0.2) is 47.4 Å². The number of methoxy groups -OCH3 is 2. The first-order valence-corrected chi connectivity index (χ1v) is 11.6. The third kappa shape index (κ3) is 5.96. The smallest absolute Gasteiger partial charge is 0.257 e. The Labute approximate surface area is 183 Å². The molecular weight excluding hydrogens is 420 g/mol. The maximum Gasteiger partial charge on any atom is 0.257 e. The van der Waals surface area contributed by atoms with E-state index in [9.17, 15) is 13.2 Å². The van der Waals surface area contributed by atoms with Crippen LogP contribution >= 0.6 is 0 Å². The van der Waals surface area contributed by atoms with Gasteiger partial charge in [-0.15, -0.1) is 0 Å². The summed E-state index contributed by atoms with van der Waals surface area (Å²) in [4.78, 5) is 14.6. The zero-order chi connectivity index (χ0) is 22.3. The van der Waals surface area contributed by atoms with Crippen LogP contribution in [0.1, 0.15) is 22.3 Å². The van der Waals surface area contributed by atoms with Crippen LogP contribution in [0.25, 0.3) is 0 Å². The van der Waals surface area contributed by atoms with Gasteiger partial charge in [0.15, 0.2) is 0 Å². The van der Waals surface area contributed by atoms with Gasteiger partial charge in [0.2, 0.25) is 10.0 Å². The number of hydrogen-bond donors (Lipinski definition) is 1. The van der Waals surface area contributed by atoms with Crippen molar-refractivity contribution in [3.05, 3.63) is 53.6 Å². The van der Waals surface area contributed by atoms with E-state index in [1.165, 1.54) is 25.3 Å². The van der Waals surface area contributed by atoms with Crippen LogP contribution < -0.4 is 14.2 Å². The molecule has 0 aliphatic carbocycles. The fourth-order valence-electron chi connectivity index (χ4n) is 3.33. The summed E-state index contributed by atoms with van der Waals surface area (Å²) < 4.78 is 43.8. The monoisotopic (exact) mass is 448 g/mol. The molecule has 3 rings (SSSR count). The van der Waals surface area contributed by atoms with E-state index in [0.717, 1.165) is 17.7 Å². The average Bonchev–Trinajstić information content (AvgIpc) is 2.82. The minimum Gasteiger partial charge on any atom is -0.497 e. The number of nitrogens with zero attached hydrogens (tertiary/aromatic N) is 1. The molecule has 1 amide bonds. The predicted octanol–water partition coefficient (Wildman–Crippen LogP) is 2.09. The predicted molar refractivity (Wildman–Crippen MR) is 116 cm³/mol. The van der Waals surface area contributed by atoms with E-state index in [0.29, 0.717) is 38.5 Å². The zero-order valence-electron chi connectivity index (χ0n) is 17.8. The van der Waals surface area contributed by atoms with Gasteiger partial charge in [-0.1, -0.05) is 12.1 Å². The SMILES string of the molecule is COc1ccc(CCCNS(=O)(=O)c2ccc(OC)c(C(=O)N3CCOCC3)c2)cc1. The van der Waals surface area contributed by atoms with E-state index in [4.69, 9.17) is 14.2 Å². The Hall–Kier alpha value is -2.62. The van der Waals surface area contributed by atoms with E-state index in [1.807, 2.05) is 24.3 Å². The molecule has 0 saturated carbocycles. The zero-order valence-corrected chi connectivity index (χ0v) is 18.6. The molecule has 1 aliphatic heterocycles. The third-order valence-electron chi connectivity index (χ3n) is 5.10. The van der Waals surface area contributed by atoms with Gasteiger partial charge in [-0.25, -0.2) is 13.1 Å². The van der Waals surface area contributed by atoms with Crippen LogP contribution in [-0.4, -0.2) is 66.3 Å². The molecule has 0 aromatic heterocycles. The number of sulfonamides is 1. The summed E-state index contributed by atoms with van der Waals surface area (Å²) in [7, 11) is -0.689. The Kier molecular flexibility index (Phi) is 7.89. The highest BCUT2D eigenvalue weighted by Gasteiger charge is 2.24. The van der Waals surface area contributed by atoms with Crippen molar-refractivity contribution in [3.63, 3.8) is 0 Å². The molecule has 0 spiro atoms. The van der Waals surface area contributed by atoms with Gasteiger partial charge in [-0.2, -0.15) is 0 Å². The van der Waals surface area contributed by atoms with Crippen molar-refractivity contribution in [2.24, 2.45) is 0 Å². The largest absolute Gasteiger partial charge is 0.497 e. The first-order chi connectivity index (χ1) is 14.9. The number of ether oxygens (including phenoxy) is 3. The first kappa shape index (κ1) is 23.1. The molecule has 2 aromatic carbocycles. The number of hydrogen-bond acceptors (Lipinski definition) is 6. The van der Waals surface area contributed by atoms with E-state index in [-0.39, 0.29) is 22.9 Å². The molecule has 0 bridgehead atoms. The minimum absolute atomic E-state index is 0.0364. The topological polar surface area (TPSA) is 94.2 Å². The number of carbonyl (C=O) groups excluding carboxylic acids is 1. The first-order valence-electron chi connectivity index (χ1n) is 10.1. The lowest BCUT2D eigenvalue weighted by atomic mass is 10.1. The second-order valence-corrected chi connectivity index (χ2v) is 8.88. The van der Waals surface area contributed by atoms with Crippen molar-refractivity contribution in [3.8, 4) is 11.5 Å². The summed E-state index contributed by atoms with van der Waals surface area (Å²) >= 11 is 0. The molecule has 2 aromatic rings. The Balaban J connectivity index is 1.64. The standard InChI is InChI=1S/C22H28N2O6S/c1-28-18-7-5-17(6-8-18)4-3-11-23-31(26,27)19-9-10-21(29-2)20(16-19)22(25)24-12-14-30-15-13-24/h5-10,16,23H,3-4,11-15H2,1-2H3. The quantitative estimate of drug-likeness (QED) is 0.591. The minimum atomic E-state index is -3.76. The molecule has 0 unspecified atom stereocenters. The number of nitrogens with one attached hydrogen (secondary N) is 1. The number of morpholine rings is 1. The number of amides is 1. The highest BCUT2D eigenvalue weighted by molar-refractivity contribution is 7.89. The van der Waals surface area contributed by atoms with Gasteiger partial charge in [0.25, 0.3) is 5.91 Å². The lowest BCUT2D eigenvalue weighted by Gasteiger charge is -2.27. The highest BCUT2D eigenvalue weighted by Crippen LogP contribution is 2.24. The molecule has 1 saturated heterocycles. The fourth-order valence-corrected chi connectivity index (χ4v) is 4.43. The summed E-state index contributed by atoms with van der Waals surface area (Å²) in [6, 6.07) is 12.0. The van der Waals surface area contributed by atoms with Crippen LogP contribution in [0.5, 0.6) is 11.5 Å². The molecule has 31 heavy (non-hydrogen) atoms. The van der Waals surface area contributed by atoms with Crippen molar-refractivity contribution in [1.29, 1.82) is 0 Å². The normalized spacial score (nSPS) is 14.3. The summed E-state index contributed by atoms with van der Waals surface area (Å²) in [5.41, 5.74) is 1.33. The van der Waals surface area contributed by atoms with Crippen molar-refractivity contribution >= 4 is 15.9 Å². The molecule has 1 fully saturated rings. The molecule has 1 aliphatic rings. The van der Waals surface area contributed by atoms with Crippen LogP contribution in [0.3, 0.4) is 0 Å². The number of aryl methyl sites for hydroxylation is 1. The highest BCUT2D eigenvalue weighted by atomic mass is 32.2. The molecule has 9 heteroatoms. The average molecular weight is 449 g/mol. The molecule has 1 N–H and O–H groups in total. The van der Waals surface area contributed by atoms with Crippen LogP contribution in [-0.2, 0) is 21.2 Å². The van der Waals surface area contributed by atoms with Crippen LogP contribution in [0.4, 0.5) is 0 Å². The molecular formula is C22H28N2O6S. The van der Waals surface area contributed by atoms with E-state index in [2.05, 4.69) is 4.72 Å². The van der Waals surface area contributed by atoms with Gasteiger partial charge in [0, 0.05) is 19.6 Å². The van der Waals surface area contributed by atoms with Crippen LogP contribution in [0.2, 0.25) is 0 Å². The van der Waals surface area contributed by atoms with Gasteiger partial charge in [-0.05, 0) is 48.7 Å². The van der Waals surface area contributed by atoms with Gasteiger partial charge in [-0.3, -0.25) is 4.79 Å². The molecule has 168 valence electrons. The van der Waals surface area contributed by atoms with E-state index in [1.54, 1.807) is 12.0 Å². The molecule has 0 radical (unpaired) electrons. The van der Waals surface area contributed by atoms with Crippen molar-refractivity contribution in [1.82, 2.24) is 9.62 Å². The summed E-state index contributed by atoms with van der Waals surface area (Å²) in [5.74, 6) is 0.859. The lowest BCUT2D eigenvalue weighted by molar-refractivity contribution is 0.0300. The summed E-state index contributed by atoms with van der Waals surface area (Å²) in [6.07, 6.45) is 1.37. The Morgan fingerprint density at radius 2 is 1.77 bits per heavy atom. The number of carbonyl (C=O) groups is 1. The fraction of sp³-hybridized carbons (Fsp3) is 0.409. The van der Waals surface area contributed by atoms with Crippen molar-refractivity contribution < 1.29 is 27.4 Å². The molecule has 8 nitrogen and oxygen atoms in total. The van der Waals surface area contributed by atoms with Crippen molar-refractivity contribution in [2.75, 3.05) is 47.1 Å². The molecule has 1 heterocycles. The number of rotatable bonds is 9. The van der Waals surface area contributed by atoms with Gasteiger partial charge >= 0.3 is 0 Å². The lowest BCUT2D eigenvalue weighted by Crippen LogP contribution is -2.40. The van der Waals surface area contributed by atoms with Gasteiger partial charge < -0.3 is 19.1 Å².